The van der Waals surface area contributed by atoms with Crippen LogP contribution in [0.1, 0.15) is 149 Å². The fourth-order valence-electron chi connectivity index (χ4n) is 19.8. The van der Waals surface area contributed by atoms with Crippen molar-refractivity contribution in [3.63, 3.8) is 0 Å². The zero-order valence-corrected chi connectivity index (χ0v) is 42.8. The molecule has 398 valence electrons. The average molecular weight is 995 g/mol. The molecule has 22 unspecified atom stereocenters. The first-order valence-electron chi connectivity index (χ1n) is 27.5. The molecule has 2 bridgehead atoms. The lowest BCUT2D eigenvalue weighted by Crippen LogP contribution is -2.74. The lowest BCUT2D eigenvalue weighted by Gasteiger charge is -2.75. The Morgan fingerprint density at radius 2 is 1.66 bits per heavy atom. The number of allylic oxidation sites excluding steroid dienone is 2. The maximum Gasteiger partial charge on any atom is 0.310 e. The first-order valence-corrected chi connectivity index (χ1v) is 27.5. The van der Waals surface area contributed by atoms with Crippen molar-refractivity contribution in [3.05, 3.63) is 29.9 Å². The van der Waals surface area contributed by atoms with Crippen LogP contribution in [-0.4, -0.2) is 138 Å². The molecule has 16 heteroatoms. The number of nitrogens with two attached hydrogens (primary N) is 1. The minimum atomic E-state index is -1.68. The molecule has 7 aliphatic carbocycles. The van der Waals surface area contributed by atoms with E-state index in [9.17, 15) is 50.4 Å². The van der Waals surface area contributed by atoms with Gasteiger partial charge in [0.05, 0.1) is 48.7 Å². The second kappa shape index (κ2) is 18.4. The summed E-state index contributed by atoms with van der Waals surface area (Å²) >= 11 is 0. The molecule has 0 radical (unpaired) electrons. The normalized spacial score (nSPS) is 49.7. The molecular weight excluding hydrogens is 909 g/mol. The smallest absolute Gasteiger partial charge is 0.310 e. The third kappa shape index (κ3) is 7.20. The number of carbonyl (C=O) groups excluding carboxylic acids is 1. The summed E-state index contributed by atoms with van der Waals surface area (Å²) in [6.45, 7) is 10.6. The lowest BCUT2D eigenvalue weighted by molar-refractivity contribution is -0.349. The standard InChI is InChI=1S/C55H86N4O12/c1-49(27-61)21-30-11-8-10-29-22-55(30,48(68)69)35(23-49)32-13-14-38-50(2,53(29,32)5)18-15-39-51(38,3)34(42(64)45(52(39,4)40(63)25-60)71-46-44(66)43(65)37(62)26-70-46)20-33-41(59-47(67)54(33)16-6-7-17-54)31(12-9-19-56)36-24-57-28-58-36/h13,24,28-31,33-35,37-46,60-66H,6-12,14-23,25-27,56H2,1-5H3,(H,57,58)(H,59,67)(H,68,69). The number of hydrogen-bond donors (Lipinski definition) is 11. The van der Waals surface area contributed by atoms with Gasteiger partial charge in [0.2, 0.25) is 5.91 Å². The number of aromatic nitrogens is 2. The van der Waals surface area contributed by atoms with Crippen molar-refractivity contribution in [2.24, 2.45) is 85.1 Å². The van der Waals surface area contributed by atoms with Crippen molar-refractivity contribution in [1.29, 1.82) is 0 Å². The number of aliphatic hydroxyl groups is 7. The minimum Gasteiger partial charge on any atom is -0.481 e. The zero-order chi connectivity index (χ0) is 50.8. The Kier molecular flexibility index (Phi) is 13.4. The Balaban J connectivity index is 1.16. The summed E-state index contributed by atoms with van der Waals surface area (Å²) < 4.78 is 12.7. The fraction of sp³-hybridized carbons (Fsp3) is 0.873. The van der Waals surface area contributed by atoms with Crippen LogP contribution in [-0.2, 0) is 19.1 Å². The molecule has 1 aromatic heterocycles. The molecule has 1 amide bonds. The molecule has 2 aliphatic heterocycles. The molecule has 16 nitrogen and oxygen atoms in total. The number of H-pyrrole nitrogens is 1. The first-order chi connectivity index (χ1) is 33.7. The summed E-state index contributed by atoms with van der Waals surface area (Å²) in [5.41, 5.74) is 3.18. The van der Waals surface area contributed by atoms with Crippen LogP contribution in [0.5, 0.6) is 0 Å². The van der Waals surface area contributed by atoms with Crippen LogP contribution < -0.4 is 11.1 Å². The van der Waals surface area contributed by atoms with E-state index in [1.807, 2.05) is 13.1 Å². The van der Waals surface area contributed by atoms with Gasteiger partial charge in [0.25, 0.3) is 0 Å². The summed E-state index contributed by atoms with van der Waals surface area (Å²) in [5, 5.41) is 96.2. The minimum absolute atomic E-state index is 0.00569. The van der Waals surface area contributed by atoms with Gasteiger partial charge in [-0.3, -0.25) is 9.59 Å². The van der Waals surface area contributed by atoms with Gasteiger partial charge in [-0.05, 0) is 153 Å². The van der Waals surface area contributed by atoms with Crippen molar-refractivity contribution < 1.29 is 59.9 Å². The highest BCUT2D eigenvalue weighted by atomic mass is 16.7. The van der Waals surface area contributed by atoms with Gasteiger partial charge < -0.3 is 66.4 Å². The third-order valence-corrected chi connectivity index (χ3v) is 23.5. The summed E-state index contributed by atoms with van der Waals surface area (Å²) in [6, 6.07) is -0.336. The number of nitrogens with zero attached hydrogens (tertiary/aromatic N) is 1. The van der Waals surface area contributed by atoms with Gasteiger partial charge in [-0.2, -0.15) is 0 Å². The van der Waals surface area contributed by atoms with Crippen LogP contribution in [0.4, 0.5) is 0 Å². The quantitative estimate of drug-likeness (QED) is 0.0979. The number of fused-ring (bicyclic) bond motifs is 8. The van der Waals surface area contributed by atoms with E-state index >= 15 is 0 Å². The lowest BCUT2D eigenvalue weighted by atomic mass is 9.29. The van der Waals surface area contributed by atoms with E-state index in [0.717, 1.165) is 44.2 Å². The summed E-state index contributed by atoms with van der Waals surface area (Å²) in [6.07, 6.45) is 7.11. The van der Waals surface area contributed by atoms with Crippen molar-refractivity contribution in [1.82, 2.24) is 15.3 Å². The van der Waals surface area contributed by atoms with Crippen molar-refractivity contribution in [2.45, 2.75) is 192 Å². The number of ether oxygens (including phenoxy) is 2. The Bertz CT molecular complexity index is 2170. The fourth-order valence-corrected chi connectivity index (χ4v) is 19.8. The van der Waals surface area contributed by atoms with E-state index in [2.05, 4.69) is 49.1 Å². The Hall–Kier alpha value is -2.51. The number of carbonyl (C=O) groups is 2. The van der Waals surface area contributed by atoms with Crippen LogP contribution in [0, 0.1) is 79.3 Å². The second-order valence-electron chi connectivity index (χ2n) is 26.0. The van der Waals surface area contributed by atoms with Crippen LogP contribution in [0.3, 0.4) is 0 Å². The molecule has 10 rings (SSSR count). The van der Waals surface area contributed by atoms with Crippen molar-refractivity contribution >= 4 is 11.9 Å². The number of aromatic amines is 1. The van der Waals surface area contributed by atoms with E-state index in [1.165, 1.54) is 5.57 Å². The molecular formula is C55H86N4O12. The summed E-state index contributed by atoms with van der Waals surface area (Å²) in [7, 11) is 0. The number of rotatable bonds is 13. The third-order valence-electron chi connectivity index (χ3n) is 23.5. The molecule has 22 atom stereocenters. The molecule has 1 aromatic rings. The zero-order valence-electron chi connectivity index (χ0n) is 42.8. The summed E-state index contributed by atoms with van der Waals surface area (Å²) in [4.78, 5) is 36.7. The van der Waals surface area contributed by atoms with E-state index in [4.69, 9.17) is 15.2 Å². The van der Waals surface area contributed by atoms with Crippen LogP contribution in [0.25, 0.3) is 0 Å². The maximum absolute atomic E-state index is 14.9. The van der Waals surface area contributed by atoms with Gasteiger partial charge in [0, 0.05) is 35.9 Å². The van der Waals surface area contributed by atoms with Gasteiger partial charge in [-0.15, -0.1) is 0 Å². The Morgan fingerprint density at radius 1 is 0.930 bits per heavy atom. The van der Waals surface area contributed by atoms with Crippen molar-refractivity contribution in [2.75, 3.05) is 26.4 Å². The number of carboxylic acids is 1. The molecule has 0 aromatic carbocycles. The molecule has 71 heavy (non-hydrogen) atoms. The Morgan fingerprint density at radius 3 is 2.32 bits per heavy atom. The molecule has 9 aliphatic rings. The second-order valence-corrected chi connectivity index (χ2v) is 26.0. The number of aliphatic hydroxyl groups excluding tert-OH is 7. The van der Waals surface area contributed by atoms with E-state index in [0.29, 0.717) is 70.8 Å². The molecule has 2 saturated heterocycles. The van der Waals surface area contributed by atoms with Crippen molar-refractivity contribution in [3.8, 4) is 0 Å². The number of amides is 1. The molecule has 6 saturated carbocycles. The topological polar surface area (TPSA) is 281 Å². The SMILES string of the molecule is CC1(CO)CC2CCCC3CC2(C(=O)O)C(C1)C1=CCC2C4(C)C(CC5C(C(CCCN)c6cnc[nH]6)NC(=O)C56CCCC6)C(O)C(OC5OCC(O)C(O)C5O)C(C)(C(O)CO)C4CCC2(C)C13C. The highest BCUT2D eigenvalue weighted by Gasteiger charge is 2.77. The number of aliphatic carboxylic acids is 1. The van der Waals surface area contributed by atoms with Crippen LogP contribution >= 0.6 is 0 Å². The average Bonchev–Trinajstić information content (AvgIpc) is 4.09. The molecule has 1 spiro atoms. The number of nitrogens with one attached hydrogen (secondary N) is 2. The predicted octanol–water partition coefficient (Wildman–Crippen LogP) is 4.15. The molecule has 12 N–H and O–H groups in total. The van der Waals surface area contributed by atoms with E-state index < -0.39 is 105 Å². The summed E-state index contributed by atoms with van der Waals surface area (Å²) in [5.74, 6) is -2.47. The maximum atomic E-state index is 14.9. The van der Waals surface area contributed by atoms with E-state index in [1.54, 1.807) is 6.33 Å². The molecule has 8 fully saturated rings. The van der Waals surface area contributed by atoms with Gasteiger partial charge in [-0.25, -0.2) is 4.98 Å². The van der Waals surface area contributed by atoms with Gasteiger partial charge in [0.1, 0.15) is 18.3 Å². The monoisotopic (exact) mass is 995 g/mol. The first kappa shape index (κ1) is 52.0. The Labute approximate surface area is 419 Å². The number of imidazole rings is 1. The van der Waals surface area contributed by atoms with Crippen LogP contribution in [0.2, 0.25) is 0 Å². The number of carboxylic acid groups (broad SMARTS) is 1. The predicted molar refractivity (Wildman–Crippen MR) is 261 cm³/mol. The molecule has 3 heterocycles. The largest absolute Gasteiger partial charge is 0.481 e. The highest BCUT2D eigenvalue weighted by Crippen LogP contribution is 2.80. The highest BCUT2D eigenvalue weighted by molar-refractivity contribution is 5.86. The number of hydrogen-bond acceptors (Lipinski definition) is 13. The van der Waals surface area contributed by atoms with Gasteiger partial charge in [-0.1, -0.05) is 65.5 Å². The van der Waals surface area contributed by atoms with Gasteiger partial charge >= 0.3 is 5.97 Å². The van der Waals surface area contributed by atoms with Gasteiger partial charge in [0.15, 0.2) is 6.29 Å². The van der Waals surface area contributed by atoms with Crippen LogP contribution in [0.15, 0.2) is 24.2 Å². The van der Waals surface area contributed by atoms with E-state index in [-0.39, 0.29) is 60.7 Å².